The van der Waals surface area contributed by atoms with E-state index in [0.717, 1.165) is 29.5 Å². The molecule has 0 radical (unpaired) electrons. The Morgan fingerprint density at radius 2 is 2.00 bits per heavy atom. The van der Waals surface area contributed by atoms with Gasteiger partial charge >= 0.3 is 17.6 Å². The number of amides is 1. The van der Waals surface area contributed by atoms with Crippen LogP contribution in [0.2, 0.25) is 0 Å². The first-order valence-electron chi connectivity index (χ1n) is 10.5. The highest BCUT2D eigenvalue weighted by atomic mass is 32.1. The zero-order valence-electron chi connectivity index (χ0n) is 19.4. The Labute approximate surface area is 207 Å². The molecular weight excluding hydrogens is 499 g/mol. The molecule has 14 heteroatoms. The second-order valence-electron chi connectivity index (χ2n) is 7.22. The fourth-order valence-corrected chi connectivity index (χ4v) is 4.12. The topological polar surface area (TPSA) is 152 Å². The molecule has 12 nitrogen and oxygen atoms in total. The van der Waals surface area contributed by atoms with Crippen molar-refractivity contribution in [2.45, 2.75) is 27.0 Å². The van der Waals surface area contributed by atoms with Crippen molar-refractivity contribution in [3.05, 3.63) is 68.1 Å². The molecule has 0 saturated carbocycles. The Hall–Kier alpha value is -4.33. The molecule has 2 heterocycles. The molecule has 3 aromatic rings. The summed E-state index contributed by atoms with van der Waals surface area (Å²) in [5.74, 6) is -3.10. The van der Waals surface area contributed by atoms with Crippen molar-refractivity contribution < 1.29 is 37.9 Å². The van der Waals surface area contributed by atoms with Crippen LogP contribution in [0.5, 0.6) is 5.75 Å². The molecular formula is C22H21FN4O8S. The highest BCUT2D eigenvalue weighted by Gasteiger charge is 2.28. The van der Waals surface area contributed by atoms with E-state index in [1.165, 1.54) is 24.1 Å². The molecule has 0 unspecified atom stereocenters. The summed E-state index contributed by atoms with van der Waals surface area (Å²) in [6, 6.07) is 4.12. The maximum atomic E-state index is 13.5. The monoisotopic (exact) mass is 520 g/mol. The fourth-order valence-electron chi connectivity index (χ4n) is 3.01. The predicted molar refractivity (Wildman–Crippen MR) is 125 cm³/mol. The summed E-state index contributed by atoms with van der Waals surface area (Å²) < 4.78 is 29.9. The van der Waals surface area contributed by atoms with Gasteiger partial charge in [0.2, 0.25) is 5.75 Å². The van der Waals surface area contributed by atoms with Crippen LogP contribution >= 0.6 is 11.3 Å². The molecule has 190 valence electrons. The van der Waals surface area contributed by atoms with Gasteiger partial charge in [-0.25, -0.2) is 18.7 Å². The Balaban J connectivity index is 1.78. The lowest BCUT2D eigenvalue weighted by Crippen LogP contribution is -2.16. The fraction of sp³-hybridized carbons (Fsp3) is 0.273. The average Bonchev–Trinajstić information content (AvgIpc) is 3.45. The van der Waals surface area contributed by atoms with Crippen LogP contribution in [0.15, 0.2) is 30.5 Å². The number of nitrogens with zero attached hydrogens (tertiary/aromatic N) is 3. The molecule has 36 heavy (non-hydrogen) atoms. The van der Waals surface area contributed by atoms with Crippen LogP contribution in [0.25, 0.3) is 0 Å². The van der Waals surface area contributed by atoms with E-state index >= 15 is 0 Å². The van der Waals surface area contributed by atoms with Crippen molar-refractivity contribution in [3.8, 4) is 5.75 Å². The Morgan fingerprint density at radius 3 is 2.67 bits per heavy atom. The van der Waals surface area contributed by atoms with Crippen LogP contribution < -0.4 is 10.1 Å². The van der Waals surface area contributed by atoms with Gasteiger partial charge in [-0.1, -0.05) is 6.92 Å². The molecule has 1 amide bonds. The molecule has 3 rings (SSSR count). The highest BCUT2D eigenvalue weighted by molar-refractivity contribution is 7.18. The van der Waals surface area contributed by atoms with E-state index < -0.39 is 34.3 Å². The standard InChI is InChI=1S/C22H21FN4O8S/c1-4-9-34-21(29)17-12(2)18(22(30)33-3)36-20(17)24-19(28)14-7-8-26(25-14)11-35-16-10-13(23)5-6-15(16)27(31)32/h5-8,10H,4,9,11H2,1-3H3,(H,24,28). The van der Waals surface area contributed by atoms with E-state index in [4.69, 9.17) is 14.2 Å². The molecule has 0 aliphatic carbocycles. The molecule has 2 aromatic heterocycles. The first-order valence-corrected chi connectivity index (χ1v) is 11.3. The summed E-state index contributed by atoms with van der Waals surface area (Å²) in [6.07, 6.45) is 1.95. The molecule has 0 aliphatic heterocycles. The zero-order valence-corrected chi connectivity index (χ0v) is 20.2. The molecule has 0 spiro atoms. The van der Waals surface area contributed by atoms with Crippen molar-refractivity contribution in [3.63, 3.8) is 0 Å². The first-order chi connectivity index (χ1) is 17.2. The summed E-state index contributed by atoms with van der Waals surface area (Å²) in [5.41, 5.74) is -0.174. The van der Waals surface area contributed by atoms with Crippen molar-refractivity contribution in [1.29, 1.82) is 0 Å². The van der Waals surface area contributed by atoms with Crippen LogP contribution in [0.4, 0.5) is 15.1 Å². The number of hydrogen-bond acceptors (Lipinski definition) is 10. The molecule has 0 atom stereocenters. The van der Waals surface area contributed by atoms with Crippen LogP contribution in [0, 0.1) is 22.9 Å². The van der Waals surface area contributed by atoms with E-state index in [1.54, 1.807) is 6.92 Å². The van der Waals surface area contributed by atoms with E-state index in [-0.39, 0.29) is 40.2 Å². The third-order valence-electron chi connectivity index (χ3n) is 4.73. The number of thiophene rings is 1. The maximum Gasteiger partial charge on any atom is 0.348 e. The molecule has 1 N–H and O–H groups in total. The number of carbonyl (C=O) groups excluding carboxylic acids is 3. The maximum absolute atomic E-state index is 13.5. The van der Waals surface area contributed by atoms with Gasteiger partial charge in [-0.3, -0.25) is 14.9 Å². The number of nitrogens with one attached hydrogen (secondary N) is 1. The minimum atomic E-state index is -0.720. The third-order valence-corrected chi connectivity index (χ3v) is 5.92. The average molecular weight is 520 g/mol. The van der Waals surface area contributed by atoms with E-state index in [1.807, 2.05) is 6.92 Å². The molecule has 0 bridgehead atoms. The lowest BCUT2D eigenvalue weighted by molar-refractivity contribution is -0.386. The number of rotatable bonds is 10. The predicted octanol–water partition coefficient (Wildman–Crippen LogP) is 3.94. The molecule has 1 aromatic carbocycles. The van der Waals surface area contributed by atoms with Gasteiger partial charge in [-0.2, -0.15) is 5.10 Å². The van der Waals surface area contributed by atoms with Gasteiger partial charge in [-0.05, 0) is 31.0 Å². The van der Waals surface area contributed by atoms with Gasteiger partial charge in [0.25, 0.3) is 5.91 Å². The minimum absolute atomic E-state index is 0.0309. The molecule has 0 aliphatic rings. The number of methoxy groups -OCH3 is 1. The number of carbonyl (C=O) groups is 3. The van der Waals surface area contributed by atoms with Crippen LogP contribution in [0.3, 0.4) is 0 Å². The summed E-state index contributed by atoms with van der Waals surface area (Å²) in [6.45, 7) is 3.17. The number of aromatic nitrogens is 2. The van der Waals surface area contributed by atoms with E-state index in [2.05, 4.69) is 10.4 Å². The van der Waals surface area contributed by atoms with Gasteiger partial charge in [0.05, 0.1) is 24.2 Å². The summed E-state index contributed by atoms with van der Waals surface area (Å²) in [7, 11) is 1.20. The number of esters is 2. The van der Waals surface area contributed by atoms with Gasteiger partial charge in [-0.15, -0.1) is 11.3 Å². The van der Waals surface area contributed by atoms with Crippen molar-refractivity contribution in [2.24, 2.45) is 0 Å². The lowest BCUT2D eigenvalue weighted by atomic mass is 10.1. The second kappa shape index (κ2) is 11.4. The van der Waals surface area contributed by atoms with Crippen LogP contribution in [-0.4, -0.2) is 46.3 Å². The summed E-state index contributed by atoms with van der Waals surface area (Å²) in [5, 5.41) is 17.8. The summed E-state index contributed by atoms with van der Waals surface area (Å²) in [4.78, 5) is 48.0. The minimum Gasteiger partial charge on any atom is -0.465 e. The number of benzene rings is 1. The van der Waals surface area contributed by atoms with Crippen molar-refractivity contribution in [1.82, 2.24) is 9.78 Å². The normalized spacial score (nSPS) is 10.6. The van der Waals surface area contributed by atoms with Crippen LogP contribution in [0.1, 0.15) is 49.4 Å². The Morgan fingerprint density at radius 1 is 1.25 bits per heavy atom. The van der Waals surface area contributed by atoms with E-state index in [0.29, 0.717) is 12.0 Å². The van der Waals surface area contributed by atoms with Crippen LogP contribution in [-0.2, 0) is 16.2 Å². The third kappa shape index (κ3) is 5.83. The zero-order chi connectivity index (χ0) is 26.4. The number of nitro benzene ring substituents is 1. The number of halogens is 1. The Kier molecular flexibility index (Phi) is 8.32. The highest BCUT2D eigenvalue weighted by Crippen LogP contribution is 2.34. The largest absolute Gasteiger partial charge is 0.465 e. The number of ether oxygens (including phenoxy) is 3. The van der Waals surface area contributed by atoms with Gasteiger partial charge in [0, 0.05) is 18.3 Å². The first kappa shape index (κ1) is 26.3. The van der Waals surface area contributed by atoms with Gasteiger partial charge < -0.3 is 19.5 Å². The van der Waals surface area contributed by atoms with Gasteiger partial charge in [0.15, 0.2) is 12.4 Å². The van der Waals surface area contributed by atoms with E-state index in [9.17, 15) is 28.9 Å². The second-order valence-corrected chi connectivity index (χ2v) is 8.25. The smallest absolute Gasteiger partial charge is 0.348 e. The van der Waals surface area contributed by atoms with Crippen molar-refractivity contribution >= 4 is 39.9 Å². The Bertz CT molecular complexity index is 1320. The lowest BCUT2D eigenvalue weighted by Gasteiger charge is -2.07. The quantitative estimate of drug-likeness (QED) is 0.238. The number of anilines is 1. The SMILES string of the molecule is CCCOC(=O)c1c(NC(=O)c2ccn(COc3cc(F)ccc3[N+](=O)[O-])n2)sc(C(=O)OC)c1C. The number of nitro groups is 1. The molecule has 0 saturated heterocycles. The van der Waals surface area contributed by atoms with Gasteiger partial charge in [0.1, 0.15) is 15.7 Å². The number of hydrogen-bond donors (Lipinski definition) is 1. The van der Waals surface area contributed by atoms with Crippen molar-refractivity contribution in [2.75, 3.05) is 19.0 Å². The summed E-state index contributed by atoms with van der Waals surface area (Å²) >= 11 is 0.858. The molecule has 0 fully saturated rings.